The van der Waals surface area contributed by atoms with Crippen LogP contribution in [0.5, 0.6) is 0 Å². The summed E-state index contributed by atoms with van der Waals surface area (Å²) in [5.41, 5.74) is 2.23. The Labute approximate surface area is 139 Å². The molecule has 0 spiro atoms. The number of hydrogen-bond donors (Lipinski definition) is 1. The molecule has 1 saturated heterocycles. The van der Waals surface area contributed by atoms with E-state index in [4.69, 9.17) is 4.74 Å². The van der Waals surface area contributed by atoms with Crippen molar-refractivity contribution < 1.29 is 9.53 Å². The van der Waals surface area contributed by atoms with Crippen molar-refractivity contribution >= 4 is 12.0 Å². The zero-order valence-corrected chi connectivity index (χ0v) is 14.4. The Morgan fingerprint density at radius 2 is 2.30 bits per heavy atom. The average Bonchev–Trinajstić information content (AvgIpc) is 2.51. The fraction of sp³-hybridized carbons (Fsp3) is 0.526. The highest BCUT2D eigenvalue weighted by atomic mass is 16.5. The topological polar surface area (TPSA) is 41.6 Å². The number of rotatable bonds is 6. The molecule has 0 aliphatic carbocycles. The summed E-state index contributed by atoms with van der Waals surface area (Å²) in [4.78, 5) is 14.3. The van der Waals surface area contributed by atoms with Crippen molar-refractivity contribution in [2.24, 2.45) is 5.92 Å². The zero-order chi connectivity index (χ0) is 16.7. The van der Waals surface area contributed by atoms with Gasteiger partial charge in [0.2, 0.25) is 5.91 Å². The van der Waals surface area contributed by atoms with Gasteiger partial charge < -0.3 is 10.1 Å². The lowest BCUT2D eigenvalue weighted by Gasteiger charge is -2.33. The predicted octanol–water partition coefficient (Wildman–Crippen LogP) is 2.48. The smallest absolute Gasteiger partial charge is 0.244 e. The van der Waals surface area contributed by atoms with Crippen molar-refractivity contribution in [3.8, 4) is 0 Å². The van der Waals surface area contributed by atoms with Crippen molar-refractivity contribution in [3.05, 3.63) is 41.5 Å². The van der Waals surface area contributed by atoms with Gasteiger partial charge in [0, 0.05) is 32.3 Å². The Balaban J connectivity index is 1.75. The Kier molecular flexibility index (Phi) is 6.81. The minimum Gasteiger partial charge on any atom is -0.374 e. The van der Waals surface area contributed by atoms with E-state index in [1.165, 1.54) is 5.56 Å². The Bertz CT molecular complexity index is 540. The highest BCUT2D eigenvalue weighted by Gasteiger charge is 2.20. The van der Waals surface area contributed by atoms with Gasteiger partial charge >= 0.3 is 0 Å². The van der Waals surface area contributed by atoms with Crippen LogP contribution in [-0.2, 0) is 9.53 Å². The maximum absolute atomic E-state index is 11.9. The summed E-state index contributed by atoms with van der Waals surface area (Å²) in [6.45, 7) is 10.8. The second-order valence-corrected chi connectivity index (χ2v) is 6.64. The maximum atomic E-state index is 11.9. The number of aryl methyl sites for hydroxylation is 1. The first kappa shape index (κ1) is 17.7. The molecule has 1 aromatic carbocycles. The fourth-order valence-electron chi connectivity index (χ4n) is 2.81. The number of nitrogens with one attached hydrogen (secondary N) is 1. The lowest BCUT2D eigenvalue weighted by Crippen LogP contribution is -2.48. The number of morpholine rings is 1. The first-order valence-electron chi connectivity index (χ1n) is 8.39. The molecular formula is C19H28N2O2. The fourth-order valence-corrected chi connectivity index (χ4v) is 2.81. The van der Waals surface area contributed by atoms with Crippen molar-refractivity contribution in [3.63, 3.8) is 0 Å². The van der Waals surface area contributed by atoms with Gasteiger partial charge in [-0.25, -0.2) is 0 Å². The Hall–Kier alpha value is -1.65. The van der Waals surface area contributed by atoms with Crippen molar-refractivity contribution in [2.75, 3.05) is 32.8 Å². The molecule has 4 heteroatoms. The van der Waals surface area contributed by atoms with E-state index in [2.05, 4.69) is 30.1 Å². The normalized spacial score (nSPS) is 19.4. The van der Waals surface area contributed by atoms with Gasteiger partial charge in [-0.2, -0.15) is 0 Å². The minimum absolute atomic E-state index is 0.0731. The number of hydrogen-bond acceptors (Lipinski definition) is 3. The number of ether oxygens (including phenoxy) is 1. The summed E-state index contributed by atoms with van der Waals surface area (Å²) in [5.74, 6) is 0.580. The van der Waals surface area contributed by atoms with Crippen molar-refractivity contribution in [2.45, 2.75) is 26.9 Å². The van der Waals surface area contributed by atoms with Crippen molar-refractivity contribution in [1.29, 1.82) is 0 Å². The quantitative estimate of drug-likeness (QED) is 0.820. The lowest BCUT2D eigenvalue weighted by atomic mass is 10.1. The predicted molar refractivity (Wildman–Crippen MR) is 94.2 cm³/mol. The summed E-state index contributed by atoms with van der Waals surface area (Å²) in [6.07, 6.45) is 3.51. The van der Waals surface area contributed by atoms with E-state index in [1.54, 1.807) is 6.08 Å². The molecule has 126 valence electrons. The molecule has 0 radical (unpaired) electrons. The second kappa shape index (κ2) is 8.85. The van der Waals surface area contributed by atoms with Crippen LogP contribution in [-0.4, -0.2) is 49.7 Å². The molecule has 1 aliphatic heterocycles. The van der Waals surface area contributed by atoms with Crippen LogP contribution in [0, 0.1) is 12.8 Å². The SMILES string of the molecule is Cc1cccc(/C=C/C(=O)NCC2CN(CC(C)C)CCO2)c1. The van der Waals surface area contributed by atoms with E-state index < -0.39 is 0 Å². The lowest BCUT2D eigenvalue weighted by molar-refractivity contribution is -0.117. The summed E-state index contributed by atoms with van der Waals surface area (Å²) in [5, 5.41) is 2.93. The van der Waals surface area contributed by atoms with Crippen LogP contribution in [0.25, 0.3) is 6.08 Å². The molecular weight excluding hydrogens is 288 g/mol. The summed E-state index contributed by atoms with van der Waals surface area (Å²) in [6, 6.07) is 8.08. The molecule has 1 heterocycles. The summed E-state index contributed by atoms with van der Waals surface area (Å²) < 4.78 is 5.74. The molecule has 1 aliphatic rings. The molecule has 1 unspecified atom stereocenters. The molecule has 1 aromatic rings. The third-order valence-corrected chi connectivity index (χ3v) is 3.82. The number of nitrogens with zero attached hydrogens (tertiary/aromatic N) is 1. The Morgan fingerprint density at radius 3 is 3.04 bits per heavy atom. The molecule has 1 N–H and O–H groups in total. The van der Waals surface area contributed by atoms with Gasteiger partial charge in [0.25, 0.3) is 0 Å². The van der Waals surface area contributed by atoms with E-state index >= 15 is 0 Å². The molecule has 0 bridgehead atoms. The van der Waals surface area contributed by atoms with Crippen LogP contribution in [0.3, 0.4) is 0 Å². The van der Waals surface area contributed by atoms with Crippen LogP contribution in [0.2, 0.25) is 0 Å². The van der Waals surface area contributed by atoms with Gasteiger partial charge in [0.05, 0.1) is 12.7 Å². The molecule has 0 saturated carbocycles. The molecule has 4 nitrogen and oxygen atoms in total. The first-order valence-corrected chi connectivity index (χ1v) is 8.39. The van der Waals surface area contributed by atoms with E-state index in [0.717, 1.165) is 31.8 Å². The van der Waals surface area contributed by atoms with E-state index in [9.17, 15) is 4.79 Å². The number of benzene rings is 1. The number of carbonyl (C=O) groups is 1. The highest BCUT2D eigenvalue weighted by molar-refractivity contribution is 5.91. The third-order valence-electron chi connectivity index (χ3n) is 3.82. The van der Waals surface area contributed by atoms with E-state index in [0.29, 0.717) is 12.5 Å². The molecule has 1 atom stereocenters. The highest BCUT2D eigenvalue weighted by Crippen LogP contribution is 2.08. The molecule has 23 heavy (non-hydrogen) atoms. The first-order chi connectivity index (χ1) is 11.0. The van der Waals surface area contributed by atoms with Crippen LogP contribution < -0.4 is 5.32 Å². The van der Waals surface area contributed by atoms with Gasteiger partial charge in [0.15, 0.2) is 0 Å². The standard InChI is InChI=1S/C19H28N2O2/c1-15(2)13-21-9-10-23-18(14-21)12-20-19(22)8-7-17-6-4-5-16(3)11-17/h4-8,11,15,18H,9-10,12-14H2,1-3H3,(H,20,22)/b8-7+. The molecule has 0 aromatic heterocycles. The van der Waals surface area contributed by atoms with Gasteiger partial charge in [0.1, 0.15) is 0 Å². The van der Waals surface area contributed by atoms with Crippen LogP contribution >= 0.6 is 0 Å². The van der Waals surface area contributed by atoms with Gasteiger partial charge in [-0.05, 0) is 24.5 Å². The Morgan fingerprint density at radius 1 is 1.48 bits per heavy atom. The van der Waals surface area contributed by atoms with Crippen molar-refractivity contribution in [1.82, 2.24) is 10.2 Å². The zero-order valence-electron chi connectivity index (χ0n) is 14.4. The van der Waals surface area contributed by atoms with Gasteiger partial charge in [-0.15, -0.1) is 0 Å². The summed E-state index contributed by atoms with van der Waals surface area (Å²) >= 11 is 0. The number of amides is 1. The van der Waals surface area contributed by atoms with Gasteiger partial charge in [-0.3, -0.25) is 9.69 Å². The maximum Gasteiger partial charge on any atom is 0.244 e. The van der Waals surface area contributed by atoms with E-state index in [-0.39, 0.29) is 12.0 Å². The third kappa shape index (κ3) is 6.55. The van der Waals surface area contributed by atoms with E-state index in [1.807, 2.05) is 31.2 Å². The molecule has 1 amide bonds. The summed E-state index contributed by atoms with van der Waals surface area (Å²) in [7, 11) is 0. The minimum atomic E-state index is -0.0731. The average molecular weight is 316 g/mol. The number of carbonyl (C=O) groups excluding carboxylic acids is 1. The second-order valence-electron chi connectivity index (χ2n) is 6.64. The molecule has 1 fully saturated rings. The molecule has 2 rings (SSSR count). The van der Waals surface area contributed by atoms with Crippen LogP contribution in [0.4, 0.5) is 0 Å². The van der Waals surface area contributed by atoms with Crippen LogP contribution in [0.15, 0.2) is 30.3 Å². The van der Waals surface area contributed by atoms with Gasteiger partial charge in [-0.1, -0.05) is 43.7 Å². The monoisotopic (exact) mass is 316 g/mol. The largest absolute Gasteiger partial charge is 0.374 e. The van der Waals surface area contributed by atoms with Crippen LogP contribution in [0.1, 0.15) is 25.0 Å².